The summed E-state index contributed by atoms with van der Waals surface area (Å²) in [5.74, 6) is -0.925. The van der Waals surface area contributed by atoms with Crippen LogP contribution in [0.15, 0.2) is 25.8 Å². The molecule has 0 radical (unpaired) electrons. The number of ether oxygens (including phenoxy) is 1. The minimum absolute atomic E-state index is 0. The van der Waals surface area contributed by atoms with Gasteiger partial charge in [0.2, 0.25) is 5.88 Å². The second-order valence-corrected chi connectivity index (χ2v) is 8.97. The van der Waals surface area contributed by atoms with Gasteiger partial charge in [0.05, 0.1) is 38.1 Å². The van der Waals surface area contributed by atoms with Gasteiger partial charge in [-0.3, -0.25) is 0 Å². The molecule has 2 rings (SSSR count). The van der Waals surface area contributed by atoms with Gasteiger partial charge in [0.1, 0.15) is 0 Å². The molecule has 1 unspecified atom stereocenters. The molecule has 0 bridgehead atoms. The molecule has 0 saturated carbocycles. The first kappa shape index (κ1) is 25.0. The van der Waals surface area contributed by atoms with Crippen molar-refractivity contribution < 1.29 is 70.8 Å². The molecular formula is C16H16Br2KN3O4S. The summed E-state index contributed by atoms with van der Waals surface area (Å²) >= 11 is 8.14. The summed E-state index contributed by atoms with van der Waals surface area (Å²) < 4.78 is 6.72. The Hall–Kier alpha value is -0.0136. The van der Waals surface area contributed by atoms with Gasteiger partial charge in [0.25, 0.3) is 0 Å². The number of anilines is 1. The zero-order valence-corrected chi connectivity index (χ0v) is 22.1. The number of methoxy groups -OCH3 is 1. The number of carbonyl (C=O) groups excluding carboxylic acids is 2. The zero-order valence-electron chi connectivity index (χ0n) is 15.0. The summed E-state index contributed by atoms with van der Waals surface area (Å²) in [6.45, 7) is 1.89. The van der Waals surface area contributed by atoms with Crippen molar-refractivity contribution in [1.29, 1.82) is 0 Å². The number of aryl methyl sites for hydroxylation is 1. The molecule has 0 aromatic carbocycles. The number of amides is 2. The minimum atomic E-state index is -1.36. The van der Waals surface area contributed by atoms with Gasteiger partial charge >= 0.3 is 57.4 Å². The van der Waals surface area contributed by atoms with Crippen LogP contribution < -0.4 is 71.9 Å². The second-order valence-electron chi connectivity index (χ2n) is 5.23. The Bertz CT molecular complexity index is 819. The molecule has 0 spiro atoms. The van der Waals surface area contributed by atoms with Crippen molar-refractivity contribution in [3.63, 3.8) is 0 Å². The Balaban J connectivity index is 0.00000364. The van der Waals surface area contributed by atoms with E-state index in [9.17, 15) is 14.7 Å². The molecule has 0 aliphatic carbocycles. The van der Waals surface area contributed by atoms with Gasteiger partial charge in [-0.2, -0.15) is 0 Å². The van der Waals surface area contributed by atoms with Crippen molar-refractivity contribution in [3.05, 3.63) is 37.0 Å². The largest absolute Gasteiger partial charge is 1.00 e. The van der Waals surface area contributed by atoms with Gasteiger partial charge < -0.3 is 25.3 Å². The molecule has 11 heteroatoms. The van der Waals surface area contributed by atoms with Crippen molar-refractivity contribution in [3.8, 4) is 5.88 Å². The van der Waals surface area contributed by atoms with Crippen LogP contribution in [0.2, 0.25) is 0 Å². The van der Waals surface area contributed by atoms with Crippen LogP contribution in [0.4, 0.5) is 10.5 Å². The standard InChI is InChI=1S/C16H17Br2N3O4S.K/c1-3-9-10(4-5-13(19-9)25-2)20-16(24)21-11(15(22)23)6-8-7-12(17)26-14(8)18;/h4-5,7,11H,3,6H2,1-2H3,(H,22,23)(H2,20,21,24);/q;+1/p-1. The number of thiophene rings is 1. The Morgan fingerprint density at radius 3 is 2.59 bits per heavy atom. The normalized spacial score (nSPS) is 11.3. The first-order valence-corrected chi connectivity index (χ1v) is 10.00. The molecule has 27 heavy (non-hydrogen) atoms. The van der Waals surface area contributed by atoms with E-state index in [-0.39, 0.29) is 57.8 Å². The first-order valence-electron chi connectivity index (χ1n) is 7.60. The van der Waals surface area contributed by atoms with Crippen molar-refractivity contribution in [1.82, 2.24) is 10.3 Å². The van der Waals surface area contributed by atoms with Crippen LogP contribution in [0.5, 0.6) is 5.88 Å². The van der Waals surface area contributed by atoms with E-state index < -0.39 is 18.0 Å². The summed E-state index contributed by atoms with van der Waals surface area (Å²) in [5.41, 5.74) is 1.88. The fourth-order valence-electron chi connectivity index (χ4n) is 2.22. The quantitative estimate of drug-likeness (QED) is 0.467. The monoisotopic (exact) mass is 543 g/mol. The number of halogens is 2. The third-order valence-corrected chi connectivity index (χ3v) is 5.95. The molecule has 0 aliphatic rings. The summed E-state index contributed by atoms with van der Waals surface area (Å²) in [6.07, 6.45) is 0.673. The fraction of sp³-hybridized carbons (Fsp3) is 0.312. The van der Waals surface area contributed by atoms with E-state index in [1.807, 2.05) is 6.92 Å². The molecule has 2 aromatic heterocycles. The number of aromatic nitrogens is 1. The second kappa shape index (κ2) is 11.9. The van der Waals surface area contributed by atoms with E-state index in [1.54, 1.807) is 18.2 Å². The van der Waals surface area contributed by atoms with Gasteiger partial charge in [-0.1, -0.05) is 6.92 Å². The number of carboxylic acids is 1. The van der Waals surface area contributed by atoms with Crippen LogP contribution in [0.3, 0.4) is 0 Å². The van der Waals surface area contributed by atoms with Gasteiger partial charge in [-0.15, -0.1) is 11.3 Å². The maximum absolute atomic E-state index is 12.2. The minimum Gasteiger partial charge on any atom is -0.548 e. The fourth-order valence-corrected chi connectivity index (χ4v) is 5.08. The zero-order chi connectivity index (χ0) is 19.3. The van der Waals surface area contributed by atoms with Crippen molar-refractivity contribution >= 4 is 60.9 Å². The van der Waals surface area contributed by atoms with E-state index >= 15 is 0 Å². The summed E-state index contributed by atoms with van der Waals surface area (Å²) in [7, 11) is 1.51. The number of carboxylic acid groups (broad SMARTS) is 1. The number of aliphatic carboxylic acids is 1. The summed E-state index contributed by atoms with van der Waals surface area (Å²) in [6, 6.07) is 3.25. The number of urea groups is 1. The molecule has 2 amide bonds. The molecule has 140 valence electrons. The van der Waals surface area contributed by atoms with E-state index in [1.165, 1.54) is 18.4 Å². The Morgan fingerprint density at radius 2 is 2.07 bits per heavy atom. The third-order valence-electron chi connectivity index (χ3n) is 3.48. The molecule has 0 fully saturated rings. The summed E-state index contributed by atoms with van der Waals surface area (Å²) in [4.78, 5) is 27.9. The molecule has 2 N–H and O–H groups in total. The van der Waals surface area contributed by atoms with Gasteiger partial charge in [0.15, 0.2) is 0 Å². The van der Waals surface area contributed by atoms with Crippen LogP contribution in [0.25, 0.3) is 0 Å². The van der Waals surface area contributed by atoms with Crippen LogP contribution in [-0.2, 0) is 17.6 Å². The number of carbonyl (C=O) groups is 2. The van der Waals surface area contributed by atoms with E-state index in [2.05, 4.69) is 47.5 Å². The van der Waals surface area contributed by atoms with Crippen LogP contribution in [-0.4, -0.2) is 30.1 Å². The predicted molar refractivity (Wildman–Crippen MR) is 105 cm³/mol. The Labute approximate surface area is 220 Å². The third kappa shape index (κ3) is 7.39. The van der Waals surface area contributed by atoms with Crippen LogP contribution in [0.1, 0.15) is 18.2 Å². The van der Waals surface area contributed by atoms with E-state index in [0.29, 0.717) is 23.7 Å². The molecule has 7 nitrogen and oxygen atoms in total. The topological polar surface area (TPSA) is 103 Å². The number of nitrogens with one attached hydrogen (secondary N) is 2. The SMILES string of the molecule is CCc1nc(OC)ccc1NC(=O)NC(Cc1cc(Br)sc1Br)C(=O)[O-].[K+]. The maximum Gasteiger partial charge on any atom is 1.00 e. The molecule has 0 saturated heterocycles. The average Bonchev–Trinajstić information content (AvgIpc) is 2.91. The summed E-state index contributed by atoms with van der Waals surface area (Å²) in [5, 5.41) is 16.5. The number of hydrogen-bond acceptors (Lipinski definition) is 6. The number of pyridine rings is 1. The number of nitrogens with zero attached hydrogens (tertiary/aromatic N) is 1. The molecule has 2 aromatic rings. The molecule has 2 heterocycles. The number of rotatable bonds is 7. The average molecular weight is 545 g/mol. The number of hydrogen-bond donors (Lipinski definition) is 2. The van der Waals surface area contributed by atoms with E-state index in [4.69, 9.17) is 4.74 Å². The van der Waals surface area contributed by atoms with Crippen molar-refractivity contribution in [2.75, 3.05) is 12.4 Å². The Kier molecular flexibility index (Phi) is 11.0. The van der Waals surface area contributed by atoms with Crippen molar-refractivity contribution in [2.24, 2.45) is 0 Å². The molecule has 0 aliphatic heterocycles. The maximum atomic E-state index is 12.2. The molecule has 1 atom stereocenters. The Morgan fingerprint density at radius 1 is 1.37 bits per heavy atom. The van der Waals surface area contributed by atoms with Crippen molar-refractivity contribution in [2.45, 2.75) is 25.8 Å². The first-order chi connectivity index (χ1) is 12.3. The van der Waals surface area contributed by atoms with Crippen LogP contribution >= 0.6 is 43.2 Å². The van der Waals surface area contributed by atoms with Gasteiger partial charge in [-0.05, 0) is 56.0 Å². The van der Waals surface area contributed by atoms with Gasteiger partial charge in [0, 0.05) is 12.5 Å². The predicted octanol–water partition coefficient (Wildman–Crippen LogP) is -0.274. The molecular weight excluding hydrogens is 529 g/mol. The van der Waals surface area contributed by atoms with E-state index in [0.717, 1.165) is 13.1 Å². The smallest absolute Gasteiger partial charge is 0.548 e. The van der Waals surface area contributed by atoms with Crippen LogP contribution in [0, 0.1) is 0 Å². The van der Waals surface area contributed by atoms with Gasteiger partial charge in [-0.25, -0.2) is 9.78 Å².